The Bertz CT molecular complexity index is 887. The molecule has 0 radical (unpaired) electrons. The third-order valence-electron chi connectivity index (χ3n) is 3.42. The molecule has 2 aromatic carbocycles. The predicted molar refractivity (Wildman–Crippen MR) is 104 cm³/mol. The van der Waals surface area contributed by atoms with Crippen molar-refractivity contribution in [1.82, 2.24) is 15.5 Å². The van der Waals surface area contributed by atoms with Gasteiger partial charge in [-0.1, -0.05) is 64.8 Å². The zero-order chi connectivity index (χ0) is 18.4. The van der Waals surface area contributed by atoms with Crippen molar-refractivity contribution < 1.29 is 9.32 Å². The van der Waals surface area contributed by atoms with Gasteiger partial charge in [0.05, 0.1) is 22.3 Å². The van der Waals surface area contributed by atoms with Gasteiger partial charge in [-0.05, 0) is 17.7 Å². The number of nitrogens with one attached hydrogen (secondary N) is 1. The molecule has 26 heavy (non-hydrogen) atoms. The van der Waals surface area contributed by atoms with E-state index in [1.54, 1.807) is 12.1 Å². The number of hydrogen-bond acceptors (Lipinski definition) is 5. The molecular formula is C18H15Cl2N3O2S. The van der Waals surface area contributed by atoms with Crippen molar-refractivity contribution in [2.24, 2.45) is 0 Å². The van der Waals surface area contributed by atoms with Crippen LogP contribution >= 0.6 is 35.0 Å². The summed E-state index contributed by atoms with van der Waals surface area (Å²) in [6.45, 7) is 0.200. The number of amides is 1. The van der Waals surface area contributed by atoms with E-state index in [1.165, 1.54) is 11.8 Å². The number of carbonyl (C=O) groups excluding carboxylic acids is 1. The van der Waals surface area contributed by atoms with E-state index in [0.29, 0.717) is 33.3 Å². The number of hydrogen-bond donors (Lipinski definition) is 1. The molecule has 5 nitrogen and oxygen atoms in total. The number of rotatable bonds is 7. The number of benzene rings is 2. The van der Waals surface area contributed by atoms with E-state index in [1.807, 2.05) is 36.4 Å². The number of thioether (sulfide) groups is 1. The van der Waals surface area contributed by atoms with Gasteiger partial charge in [-0.2, -0.15) is 4.98 Å². The van der Waals surface area contributed by atoms with Crippen molar-refractivity contribution >= 4 is 40.9 Å². The van der Waals surface area contributed by atoms with Crippen LogP contribution in [0.15, 0.2) is 53.1 Å². The summed E-state index contributed by atoms with van der Waals surface area (Å²) in [4.78, 5) is 16.2. The first-order valence-electron chi connectivity index (χ1n) is 7.78. The summed E-state index contributed by atoms with van der Waals surface area (Å²) in [7, 11) is 0. The van der Waals surface area contributed by atoms with Crippen molar-refractivity contribution in [3.63, 3.8) is 0 Å². The Kier molecular flexibility index (Phi) is 6.55. The predicted octanol–water partition coefficient (Wildman–Crippen LogP) is 4.59. The largest absolute Gasteiger partial charge is 0.346 e. The molecule has 3 rings (SSSR count). The fraction of sp³-hybridized carbons (Fsp3) is 0.167. The second-order valence-corrected chi connectivity index (χ2v) is 7.20. The van der Waals surface area contributed by atoms with Crippen LogP contribution in [0.3, 0.4) is 0 Å². The second kappa shape index (κ2) is 9.07. The van der Waals surface area contributed by atoms with Crippen LogP contribution in [-0.2, 0) is 17.1 Å². The van der Waals surface area contributed by atoms with Gasteiger partial charge in [0, 0.05) is 11.3 Å². The summed E-state index contributed by atoms with van der Waals surface area (Å²) in [5, 5.41) is 7.72. The van der Waals surface area contributed by atoms with E-state index in [2.05, 4.69) is 15.5 Å². The van der Waals surface area contributed by atoms with Crippen molar-refractivity contribution in [2.75, 3.05) is 5.75 Å². The van der Waals surface area contributed by atoms with E-state index < -0.39 is 0 Å². The number of carbonyl (C=O) groups is 1. The molecule has 0 atom stereocenters. The van der Waals surface area contributed by atoms with Crippen molar-refractivity contribution in [3.8, 4) is 11.4 Å². The molecule has 134 valence electrons. The number of aromatic nitrogens is 2. The van der Waals surface area contributed by atoms with Crippen LogP contribution in [-0.4, -0.2) is 21.8 Å². The lowest BCUT2D eigenvalue weighted by Gasteiger charge is -2.04. The molecule has 0 unspecified atom stereocenters. The molecule has 0 bridgehead atoms. The van der Waals surface area contributed by atoms with Gasteiger partial charge >= 0.3 is 0 Å². The molecule has 8 heteroatoms. The lowest BCUT2D eigenvalue weighted by Crippen LogP contribution is -2.24. The van der Waals surface area contributed by atoms with Gasteiger partial charge in [0.25, 0.3) is 0 Å². The zero-order valence-electron chi connectivity index (χ0n) is 13.6. The molecule has 1 N–H and O–H groups in total. The molecule has 0 saturated heterocycles. The Morgan fingerprint density at radius 3 is 2.69 bits per heavy atom. The average molecular weight is 408 g/mol. The minimum absolute atomic E-state index is 0.102. The van der Waals surface area contributed by atoms with E-state index in [-0.39, 0.29) is 12.5 Å². The van der Waals surface area contributed by atoms with Crippen LogP contribution in [0.4, 0.5) is 0 Å². The third kappa shape index (κ3) is 5.24. The van der Waals surface area contributed by atoms with Crippen molar-refractivity contribution in [3.05, 3.63) is 70.0 Å². The van der Waals surface area contributed by atoms with E-state index in [9.17, 15) is 4.79 Å². The highest BCUT2D eigenvalue weighted by Crippen LogP contribution is 2.24. The van der Waals surface area contributed by atoms with Crippen molar-refractivity contribution in [1.29, 1.82) is 0 Å². The molecule has 0 saturated carbocycles. The Hall–Kier alpha value is -2.02. The lowest BCUT2D eigenvalue weighted by molar-refractivity contribution is -0.118. The Morgan fingerprint density at radius 1 is 1.12 bits per heavy atom. The molecule has 3 aromatic rings. The van der Waals surface area contributed by atoms with Gasteiger partial charge in [-0.3, -0.25) is 4.79 Å². The number of nitrogens with zero attached hydrogens (tertiary/aromatic N) is 2. The fourth-order valence-electron chi connectivity index (χ4n) is 2.15. The van der Waals surface area contributed by atoms with E-state index in [4.69, 9.17) is 27.7 Å². The quantitative estimate of drug-likeness (QED) is 0.619. The van der Waals surface area contributed by atoms with Crippen molar-refractivity contribution in [2.45, 2.75) is 12.3 Å². The molecule has 1 heterocycles. The minimum Gasteiger partial charge on any atom is -0.346 e. The maximum atomic E-state index is 11.9. The number of halogens is 2. The zero-order valence-corrected chi connectivity index (χ0v) is 15.9. The van der Waals surface area contributed by atoms with E-state index in [0.717, 1.165) is 11.1 Å². The molecular weight excluding hydrogens is 393 g/mol. The molecule has 0 aliphatic heterocycles. The minimum atomic E-state index is -0.102. The maximum Gasteiger partial charge on any atom is 0.246 e. The molecule has 0 aliphatic carbocycles. The molecule has 0 aliphatic rings. The standard InChI is InChI=1S/C18H15Cl2N3O2S/c19-14-7-6-12(8-15(14)20)10-26-11-16(24)21-9-17-22-18(23-25-17)13-4-2-1-3-5-13/h1-8H,9-11H2,(H,21,24). The normalized spacial score (nSPS) is 10.7. The summed E-state index contributed by atoms with van der Waals surface area (Å²) in [5.74, 6) is 1.76. The molecule has 0 fully saturated rings. The first-order chi connectivity index (χ1) is 12.6. The Balaban J connectivity index is 1.43. The highest BCUT2D eigenvalue weighted by Gasteiger charge is 2.10. The highest BCUT2D eigenvalue weighted by molar-refractivity contribution is 7.99. The highest BCUT2D eigenvalue weighted by atomic mass is 35.5. The van der Waals surface area contributed by atoms with Gasteiger partial charge in [-0.15, -0.1) is 11.8 Å². The molecule has 1 amide bonds. The van der Waals surface area contributed by atoms with Crippen LogP contribution in [0.25, 0.3) is 11.4 Å². The third-order valence-corrected chi connectivity index (χ3v) is 5.17. The van der Waals surface area contributed by atoms with Gasteiger partial charge in [0.15, 0.2) is 0 Å². The van der Waals surface area contributed by atoms with Gasteiger partial charge in [0.1, 0.15) is 0 Å². The fourth-order valence-corrected chi connectivity index (χ4v) is 3.27. The SMILES string of the molecule is O=C(CSCc1ccc(Cl)c(Cl)c1)NCc1nc(-c2ccccc2)no1. The van der Waals surface area contributed by atoms with Crippen LogP contribution in [0.5, 0.6) is 0 Å². The Labute approximate surface area is 165 Å². The topological polar surface area (TPSA) is 68.0 Å². The van der Waals surface area contributed by atoms with Gasteiger partial charge in [0.2, 0.25) is 17.6 Å². The lowest BCUT2D eigenvalue weighted by atomic mass is 10.2. The maximum absolute atomic E-state index is 11.9. The smallest absolute Gasteiger partial charge is 0.246 e. The van der Waals surface area contributed by atoms with Crippen LogP contribution in [0.1, 0.15) is 11.5 Å². The summed E-state index contributed by atoms with van der Waals surface area (Å²) in [5.41, 5.74) is 1.88. The summed E-state index contributed by atoms with van der Waals surface area (Å²) >= 11 is 13.3. The van der Waals surface area contributed by atoms with Crippen LogP contribution in [0, 0.1) is 0 Å². The first kappa shape index (κ1) is 18.8. The molecule has 0 spiro atoms. The van der Waals surface area contributed by atoms with E-state index >= 15 is 0 Å². The Morgan fingerprint density at radius 2 is 1.92 bits per heavy atom. The van der Waals surface area contributed by atoms with Gasteiger partial charge in [-0.25, -0.2) is 0 Å². The van der Waals surface area contributed by atoms with Gasteiger partial charge < -0.3 is 9.84 Å². The molecule has 1 aromatic heterocycles. The first-order valence-corrected chi connectivity index (χ1v) is 9.69. The summed E-state index contributed by atoms with van der Waals surface area (Å²) < 4.78 is 5.16. The summed E-state index contributed by atoms with van der Waals surface area (Å²) in [6.07, 6.45) is 0. The monoisotopic (exact) mass is 407 g/mol. The van der Waals surface area contributed by atoms with Crippen LogP contribution in [0.2, 0.25) is 10.0 Å². The summed E-state index contributed by atoms with van der Waals surface area (Å²) in [6, 6.07) is 15.0. The van der Waals surface area contributed by atoms with Crippen LogP contribution < -0.4 is 5.32 Å². The average Bonchev–Trinajstić information content (AvgIpc) is 3.13. The second-order valence-electron chi connectivity index (χ2n) is 5.40.